The SMILES string of the molecule is c1cc(CN2CCCC(CNC3CC3)C2)on1. The Morgan fingerprint density at radius 1 is 1.41 bits per heavy atom. The number of likely N-dealkylation sites (tertiary alicyclic amines) is 1. The Balaban J connectivity index is 1.45. The van der Waals surface area contributed by atoms with E-state index in [0.717, 1.165) is 24.3 Å². The summed E-state index contributed by atoms with van der Waals surface area (Å²) >= 11 is 0. The normalized spacial score (nSPS) is 26.2. The first-order chi connectivity index (χ1) is 8.40. The molecule has 1 aromatic heterocycles. The third kappa shape index (κ3) is 3.30. The molecule has 1 N–H and O–H groups in total. The first kappa shape index (κ1) is 11.2. The van der Waals surface area contributed by atoms with E-state index in [1.54, 1.807) is 6.20 Å². The molecule has 0 aromatic carbocycles. The minimum atomic E-state index is 0.812. The van der Waals surface area contributed by atoms with Gasteiger partial charge in [0.15, 0.2) is 5.76 Å². The number of nitrogens with zero attached hydrogens (tertiary/aromatic N) is 2. The number of hydrogen-bond acceptors (Lipinski definition) is 4. The van der Waals surface area contributed by atoms with Crippen LogP contribution in [0.15, 0.2) is 16.8 Å². The second-order valence-corrected chi connectivity index (χ2v) is 5.40. The number of rotatable bonds is 5. The largest absolute Gasteiger partial charge is 0.360 e. The molecule has 3 rings (SSSR count). The van der Waals surface area contributed by atoms with Gasteiger partial charge in [-0.05, 0) is 44.7 Å². The molecule has 1 saturated heterocycles. The molecule has 0 amide bonds. The number of nitrogens with one attached hydrogen (secondary N) is 1. The lowest BCUT2D eigenvalue weighted by atomic mass is 9.98. The number of hydrogen-bond donors (Lipinski definition) is 1. The second-order valence-electron chi connectivity index (χ2n) is 5.40. The summed E-state index contributed by atoms with van der Waals surface area (Å²) in [4.78, 5) is 2.49. The van der Waals surface area contributed by atoms with Crippen molar-refractivity contribution >= 4 is 0 Å². The Labute approximate surface area is 102 Å². The van der Waals surface area contributed by atoms with Crippen LogP contribution in [0.5, 0.6) is 0 Å². The Morgan fingerprint density at radius 3 is 3.12 bits per heavy atom. The zero-order valence-electron chi connectivity index (χ0n) is 10.3. The highest BCUT2D eigenvalue weighted by Crippen LogP contribution is 2.22. The highest BCUT2D eigenvalue weighted by Gasteiger charge is 2.24. The smallest absolute Gasteiger partial charge is 0.150 e. The third-order valence-corrected chi connectivity index (χ3v) is 3.75. The van der Waals surface area contributed by atoms with Crippen molar-refractivity contribution in [3.05, 3.63) is 18.0 Å². The van der Waals surface area contributed by atoms with E-state index in [2.05, 4.69) is 15.4 Å². The van der Waals surface area contributed by atoms with Gasteiger partial charge in [-0.2, -0.15) is 0 Å². The van der Waals surface area contributed by atoms with Crippen molar-refractivity contribution in [2.24, 2.45) is 5.92 Å². The molecule has 1 saturated carbocycles. The predicted molar refractivity (Wildman–Crippen MR) is 65.5 cm³/mol. The van der Waals surface area contributed by atoms with E-state index in [4.69, 9.17) is 4.52 Å². The molecule has 0 spiro atoms. The molecule has 94 valence electrons. The minimum Gasteiger partial charge on any atom is -0.360 e. The van der Waals surface area contributed by atoms with Crippen LogP contribution in [0.1, 0.15) is 31.4 Å². The lowest BCUT2D eigenvalue weighted by Gasteiger charge is -2.32. The van der Waals surface area contributed by atoms with E-state index < -0.39 is 0 Å². The zero-order chi connectivity index (χ0) is 11.5. The highest BCUT2D eigenvalue weighted by atomic mass is 16.5. The fourth-order valence-corrected chi connectivity index (χ4v) is 2.63. The van der Waals surface area contributed by atoms with Gasteiger partial charge in [-0.3, -0.25) is 4.90 Å². The summed E-state index contributed by atoms with van der Waals surface area (Å²) in [5, 5.41) is 7.40. The van der Waals surface area contributed by atoms with E-state index in [1.165, 1.54) is 45.3 Å². The van der Waals surface area contributed by atoms with Gasteiger partial charge in [0.05, 0.1) is 12.7 Å². The van der Waals surface area contributed by atoms with Crippen LogP contribution in [-0.2, 0) is 6.54 Å². The topological polar surface area (TPSA) is 41.3 Å². The molecule has 1 unspecified atom stereocenters. The maximum absolute atomic E-state index is 5.17. The maximum Gasteiger partial charge on any atom is 0.150 e. The summed E-state index contributed by atoms with van der Waals surface area (Å²) in [6.07, 6.45) is 7.17. The Kier molecular flexibility index (Phi) is 3.43. The fourth-order valence-electron chi connectivity index (χ4n) is 2.63. The van der Waals surface area contributed by atoms with Crippen LogP contribution in [0.4, 0.5) is 0 Å². The van der Waals surface area contributed by atoms with Gasteiger partial charge < -0.3 is 9.84 Å². The van der Waals surface area contributed by atoms with Crippen LogP contribution < -0.4 is 5.32 Å². The Bertz CT molecular complexity index is 334. The van der Waals surface area contributed by atoms with E-state index >= 15 is 0 Å². The summed E-state index contributed by atoms with van der Waals surface area (Å²) in [5.74, 6) is 1.80. The van der Waals surface area contributed by atoms with E-state index in [1.807, 2.05) is 6.07 Å². The van der Waals surface area contributed by atoms with Gasteiger partial charge in [0, 0.05) is 18.7 Å². The molecular formula is C13H21N3O. The molecule has 1 atom stereocenters. The molecule has 4 heteroatoms. The highest BCUT2D eigenvalue weighted by molar-refractivity contribution is 4.93. The van der Waals surface area contributed by atoms with Crippen molar-refractivity contribution in [3.8, 4) is 0 Å². The summed E-state index contributed by atoms with van der Waals surface area (Å²) in [5.41, 5.74) is 0. The maximum atomic E-state index is 5.17. The molecule has 17 heavy (non-hydrogen) atoms. The quantitative estimate of drug-likeness (QED) is 0.842. The van der Waals surface area contributed by atoms with Gasteiger partial charge in [-0.1, -0.05) is 5.16 Å². The molecule has 2 heterocycles. The van der Waals surface area contributed by atoms with Gasteiger partial charge in [-0.15, -0.1) is 0 Å². The second kappa shape index (κ2) is 5.19. The fraction of sp³-hybridized carbons (Fsp3) is 0.769. The van der Waals surface area contributed by atoms with Crippen LogP contribution in [0, 0.1) is 5.92 Å². The van der Waals surface area contributed by atoms with Gasteiger partial charge in [0.2, 0.25) is 0 Å². The molecule has 0 radical (unpaired) electrons. The monoisotopic (exact) mass is 235 g/mol. The summed E-state index contributed by atoms with van der Waals surface area (Å²) in [6.45, 7) is 4.50. The van der Waals surface area contributed by atoms with E-state index in [9.17, 15) is 0 Å². The lowest BCUT2D eigenvalue weighted by molar-refractivity contribution is 0.151. The lowest BCUT2D eigenvalue weighted by Crippen LogP contribution is -2.39. The van der Waals surface area contributed by atoms with Gasteiger partial charge in [0.1, 0.15) is 0 Å². The van der Waals surface area contributed by atoms with Gasteiger partial charge >= 0.3 is 0 Å². The van der Waals surface area contributed by atoms with Gasteiger partial charge in [-0.25, -0.2) is 0 Å². The van der Waals surface area contributed by atoms with Crippen molar-refractivity contribution < 1.29 is 4.52 Å². The van der Waals surface area contributed by atoms with Crippen molar-refractivity contribution in [1.82, 2.24) is 15.4 Å². The predicted octanol–water partition coefficient (Wildman–Crippen LogP) is 1.64. The molecule has 4 nitrogen and oxygen atoms in total. The molecule has 1 aliphatic heterocycles. The molecule has 2 fully saturated rings. The Morgan fingerprint density at radius 2 is 2.35 bits per heavy atom. The molecule has 1 aliphatic carbocycles. The van der Waals surface area contributed by atoms with Crippen molar-refractivity contribution in [1.29, 1.82) is 0 Å². The average molecular weight is 235 g/mol. The summed E-state index contributed by atoms with van der Waals surface area (Å²) in [6, 6.07) is 2.80. The third-order valence-electron chi connectivity index (χ3n) is 3.75. The van der Waals surface area contributed by atoms with Crippen LogP contribution in [0.25, 0.3) is 0 Å². The molecule has 2 aliphatic rings. The number of piperidine rings is 1. The van der Waals surface area contributed by atoms with Crippen molar-refractivity contribution in [2.75, 3.05) is 19.6 Å². The van der Waals surface area contributed by atoms with Crippen LogP contribution >= 0.6 is 0 Å². The molecule has 1 aromatic rings. The minimum absolute atomic E-state index is 0.812. The standard InChI is InChI=1S/C13H21N3O/c1-2-11(8-14-12-3-4-12)9-16(7-1)10-13-5-6-15-17-13/h5-6,11-12,14H,1-4,7-10H2. The van der Waals surface area contributed by atoms with Crippen LogP contribution in [-0.4, -0.2) is 35.7 Å². The summed E-state index contributed by atoms with van der Waals surface area (Å²) in [7, 11) is 0. The zero-order valence-corrected chi connectivity index (χ0v) is 10.3. The van der Waals surface area contributed by atoms with Crippen LogP contribution in [0.3, 0.4) is 0 Å². The average Bonchev–Trinajstić information content (AvgIpc) is 3.05. The van der Waals surface area contributed by atoms with E-state index in [-0.39, 0.29) is 0 Å². The first-order valence-electron chi connectivity index (χ1n) is 6.75. The molecule has 0 bridgehead atoms. The van der Waals surface area contributed by atoms with Crippen molar-refractivity contribution in [2.45, 2.75) is 38.3 Å². The van der Waals surface area contributed by atoms with Gasteiger partial charge in [0.25, 0.3) is 0 Å². The molecular weight excluding hydrogens is 214 g/mol. The van der Waals surface area contributed by atoms with E-state index in [0.29, 0.717) is 0 Å². The van der Waals surface area contributed by atoms with Crippen molar-refractivity contribution in [3.63, 3.8) is 0 Å². The number of aromatic nitrogens is 1. The first-order valence-corrected chi connectivity index (χ1v) is 6.75. The Hall–Kier alpha value is -0.870. The summed E-state index contributed by atoms with van der Waals surface area (Å²) < 4.78 is 5.17. The van der Waals surface area contributed by atoms with Crippen LogP contribution in [0.2, 0.25) is 0 Å².